The Hall–Kier alpha value is -6.78. The van der Waals surface area contributed by atoms with E-state index in [1.54, 1.807) is 0 Å². The van der Waals surface area contributed by atoms with Gasteiger partial charge in [0.2, 0.25) is 0 Å². The molecule has 0 spiro atoms. The maximum atomic E-state index is 6.39. The number of para-hydroxylation sites is 2. The fourth-order valence-corrected chi connectivity index (χ4v) is 7.60. The van der Waals surface area contributed by atoms with Crippen molar-refractivity contribution in [3.05, 3.63) is 164 Å². The van der Waals surface area contributed by atoms with E-state index in [0.29, 0.717) is 0 Å². The summed E-state index contributed by atoms with van der Waals surface area (Å²) in [5.74, 6) is 0. The summed E-state index contributed by atoms with van der Waals surface area (Å²) in [4.78, 5) is 2.30. The van der Waals surface area contributed by atoms with E-state index in [1.807, 2.05) is 24.3 Å². The van der Waals surface area contributed by atoms with Crippen LogP contribution in [0, 0.1) is 0 Å². The molecule has 4 heteroatoms. The number of rotatable bonds is 4. The summed E-state index contributed by atoms with van der Waals surface area (Å²) in [6.45, 7) is 0. The molecule has 0 aliphatic carbocycles. The van der Waals surface area contributed by atoms with Crippen LogP contribution in [0.2, 0.25) is 0 Å². The van der Waals surface area contributed by atoms with Crippen LogP contribution >= 0.6 is 0 Å². The maximum absolute atomic E-state index is 6.39. The molecule has 0 radical (unpaired) electrons. The molecule has 234 valence electrons. The molecule has 0 bridgehead atoms. The lowest BCUT2D eigenvalue weighted by molar-refractivity contribution is 0.668. The SMILES string of the molecule is c1ccc2cc3c(cc2c1)oc1cc(-c2ccc(N(c4ccc5oc6ccccc6c5c4)c4ccc5oc6ccccc6c5c4)cc2)ccc13. The van der Waals surface area contributed by atoms with Gasteiger partial charge in [0.1, 0.15) is 33.5 Å². The second-order valence-electron chi connectivity index (χ2n) is 12.9. The third-order valence-electron chi connectivity index (χ3n) is 10.0. The highest BCUT2D eigenvalue weighted by molar-refractivity contribution is 6.11. The lowest BCUT2D eigenvalue weighted by atomic mass is 10.0. The molecule has 0 N–H and O–H groups in total. The number of nitrogens with zero attached hydrogens (tertiary/aromatic N) is 1. The minimum absolute atomic E-state index is 0.871. The smallest absolute Gasteiger partial charge is 0.136 e. The zero-order valence-electron chi connectivity index (χ0n) is 26.8. The lowest BCUT2D eigenvalue weighted by Gasteiger charge is -2.26. The van der Waals surface area contributed by atoms with E-state index in [0.717, 1.165) is 94.0 Å². The summed E-state index contributed by atoms with van der Waals surface area (Å²) in [5.41, 5.74) is 10.7. The van der Waals surface area contributed by atoms with Crippen molar-refractivity contribution >= 4 is 93.7 Å². The predicted octanol–water partition coefficient (Wildman–Crippen LogP) is 13.7. The van der Waals surface area contributed by atoms with Gasteiger partial charge in [0.25, 0.3) is 0 Å². The average Bonchev–Trinajstić information content (AvgIpc) is 3.84. The first-order valence-corrected chi connectivity index (χ1v) is 16.8. The molecule has 0 saturated carbocycles. The van der Waals surface area contributed by atoms with Gasteiger partial charge in [-0.15, -0.1) is 0 Å². The van der Waals surface area contributed by atoms with Crippen molar-refractivity contribution in [1.29, 1.82) is 0 Å². The summed E-state index contributed by atoms with van der Waals surface area (Å²) in [5, 5.41) is 9.03. The fraction of sp³-hybridized carbons (Fsp3) is 0. The molecule has 11 aromatic rings. The first-order valence-electron chi connectivity index (χ1n) is 16.8. The van der Waals surface area contributed by atoms with Crippen molar-refractivity contribution in [2.24, 2.45) is 0 Å². The van der Waals surface area contributed by atoms with Crippen molar-refractivity contribution < 1.29 is 13.3 Å². The molecular weight excluding hydrogens is 615 g/mol. The number of fused-ring (bicyclic) bond motifs is 10. The van der Waals surface area contributed by atoms with Gasteiger partial charge in [-0.25, -0.2) is 0 Å². The molecule has 0 aliphatic rings. The highest BCUT2D eigenvalue weighted by Crippen LogP contribution is 2.42. The van der Waals surface area contributed by atoms with E-state index >= 15 is 0 Å². The Kier molecular flexibility index (Phi) is 5.63. The van der Waals surface area contributed by atoms with Crippen LogP contribution in [0.25, 0.3) is 87.7 Å². The van der Waals surface area contributed by atoms with Crippen LogP contribution in [-0.2, 0) is 0 Å². The van der Waals surface area contributed by atoms with E-state index in [9.17, 15) is 0 Å². The summed E-state index contributed by atoms with van der Waals surface area (Å²) in [7, 11) is 0. The van der Waals surface area contributed by atoms with E-state index in [2.05, 4.69) is 144 Å². The topological polar surface area (TPSA) is 42.7 Å². The molecule has 3 aromatic heterocycles. The largest absolute Gasteiger partial charge is 0.456 e. The van der Waals surface area contributed by atoms with Gasteiger partial charge in [-0.3, -0.25) is 0 Å². The summed E-state index contributed by atoms with van der Waals surface area (Å²) < 4.78 is 18.8. The van der Waals surface area contributed by atoms with Crippen molar-refractivity contribution in [1.82, 2.24) is 0 Å². The van der Waals surface area contributed by atoms with Gasteiger partial charge >= 0.3 is 0 Å². The van der Waals surface area contributed by atoms with Crippen molar-refractivity contribution in [3.63, 3.8) is 0 Å². The van der Waals surface area contributed by atoms with Gasteiger partial charge < -0.3 is 18.2 Å². The van der Waals surface area contributed by atoms with Crippen LogP contribution < -0.4 is 4.90 Å². The van der Waals surface area contributed by atoms with Gasteiger partial charge in [0.05, 0.1) is 0 Å². The first kappa shape index (κ1) is 27.2. The molecule has 8 aromatic carbocycles. The van der Waals surface area contributed by atoms with Crippen LogP contribution in [0.4, 0.5) is 17.1 Å². The van der Waals surface area contributed by atoms with Gasteiger partial charge in [0.15, 0.2) is 0 Å². The number of benzene rings is 8. The summed E-state index contributed by atoms with van der Waals surface area (Å²) in [6, 6.07) is 57.4. The van der Waals surface area contributed by atoms with E-state index in [4.69, 9.17) is 13.3 Å². The molecular formula is C46H27NO3. The van der Waals surface area contributed by atoms with E-state index in [1.165, 1.54) is 10.8 Å². The molecule has 0 amide bonds. The van der Waals surface area contributed by atoms with Gasteiger partial charge in [-0.2, -0.15) is 0 Å². The van der Waals surface area contributed by atoms with Gasteiger partial charge in [-0.1, -0.05) is 78.9 Å². The summed E-state index contributed by atoms with van der Waals surface area (Å²) in [6.07, 6.45) is 0. The van der Waals surface area contributed by atoms with Crippen molar-refractivity contribution in [2.45, 2.75) is 0 Å². The molecule has 0 atom stereocenters. The zero-order valence-corrected chi connectivity index (χ0v) is 26.8. The minimum atomic E-state index is 0.871. The van der Waals surface area contributed by atoms with Crippen LogP contribution in [-0.4, -0.2) is 0 Å². The number of hydrogen-bond donors (Lipinski definition) is 0. The Morgan fingerprint density at radius 3 is 1.40 bits per heavy atom. The predicted molar refractivity (Wildman–Crippen MR) is 206 cm³/mol. The number of anilines is 3. The molecule has 3 heterocycles. The third kappa shape index (κ3) is 4.12. The summed E-state index contributed by atoms with van der Waals surface area (Å²) >= 11 is 0. The highest BCUT2D eigenvalue weighted by Gasteiger charge is 2.18. The van der Waals surface area contributed by atoms with Crippen LogP contribution in [0.3, 0.4) is 0 Å². The minimum Gasteiger partial charge on any atom is -0.456 e. The second kappa shape index (κ2) is 10.4. The van der Waals surface area contributed by atoms with E-state index < -0.39 is 0 Å². The Morgan fingerprint density at radius 2 is 0.740 bits per heavy atom. The normalized spacial score (nSPS) is 12.0. The average molecular weight is 642 g/mol. The van der Waals surface area contributed by atoms with Crippen LogP contribution in [0.5, 0.6) is 0 Å². The molecule has 50 heavy (non-hydrogen) atoms. The van der Waals surface area contributed by atoms with E-state index in [-0.39, 0.29) is 0 Å². The Balaban J connectivity index is 1.04. The monoisotopic (exact) mass is 641 g/mol. The maximum Gasteiger partial charge on any atom is 0.136 e. The van der Waals surface area contributed by atoms with Crippen LogP contribution in [0.15, 0.2) is 177 Å². The fourth-order valence-electron chi connectivity index (χ4n) is 7.60. The molecule has 0 unspecified atom stereocenters. The Morgan fingerprint density at radius 1 is 0.280 bits per heavy atom. The van der Waals surface area contributed by atoms with Crippen LogP contribution in [0.1, 0.15) is 0 Å². The highest BCUT2D eigenvalue weighted by atomic mass is 16.3. The first-order chi connectivity index (χ1) is 24.7. The molecule has 11 rings (SSSR count). The second-order valence-corrected chi connectivity index (χ2v) is 12.9. The van der Waals surface area contributed by atoms with Gasteiger partial charge in [0, 0.05) is 49.4 Å². The third-order valence-corrected chi connectivity index (χ3v) is 10.0. The molecule has 4 nitrogen and oxygen atoms in total. The molecule has 0 saturated heterocycles. The standard InChI is InChI=1S/C46H27NO3/c1-2-8-30-24-46-38(23-29(30)7-1)37-20-15-31(25-45(37)50-46)28-13-16-32(17-14-28)47(33-18-21-43-39(26-33)35-9-3-5-11-41(35)48-43)34-19-22-44-40(27-34)36-10-4-6-12-42(36)49-44/h1-27H. The Bertz CT molecular complexity index is 2990. The van der Waals surface area contributed by atoms with Crippen molar-refractivity contribution in [3.8, 4) is 11.1 Å². The number of hydrogen-bond acceptors (Lipinski definition) is 4. The van der Waals surface area contributed by atoms with Gasteiger partial charge in [-0.05, 0) is 107 Å². The quantitative estimate of drug-likeness (QED) is 0.192. The Labute approximate surface area is 286 Å². The number of furan rings is 3. The molecule has 0 aliphatic heterocycles. The molecule has 0 fully saturated rings. The van der Waals surface area contributed by atoms with Crippen molar-refractivity contribution in [2.75, 3.05) is 4.90 Å². The zero-order chi connectivity index (χ0) is 32.8. The lowest BCUT2D eigenvalue weighted by Crippen LogP contribution is -2.09.